The molecule has 1 aromatic heterocycles. The van der Waals surface area contributed by atoms with E-state index in [0.29, 0.717) is 25.5 Å². The van der Waals surface area contributed by atoms with Crippen molar-refractivity contribution in [1.82, 2.24) is 15.3 Å². The summed E-state index contributed by atoms with van der Waals surface area (Å²) in [4.78, 5) is 19.4. The van der Waals surface area contributed by atoms with Gasteiger partial charge in [-0.2, -0.15) is 0 Å². The van der Waals surface area contributed by atoms with Gasteiger partial charge >= 0.3 is 0 Å². The number of carbonyl (C=O) groups excluding carboxylic acids is 1. The number of aryl methyl sites for hydroxylation is 1. The van der Waals surface area contributed by atoms with Crippen LogP contribution < -0.4 is 10.1 Å². The summed E-state index contributed by atoms with van der Waals surface area (Å²) in [5.74, 6) is -1.19. The summed E-state index contributed by atoms with van der Waals surface area (Å²) in [5, 5.41) is 2.69. The third kappa shape index (κ3) is 4.53. The van der Waals surface area contributed by atoms with Crippen molar-refractivity contribution < 1.29 is 18.3 Å². The van der Waals surface area contributed by atoms with Crippen LogP contribution in [-0.2, 0) is 11.2 Å². The first-order valence-electron chi connectivity index (χ1n) is 7.90. The Morgan fingerprint density at radius 2 is 2.04 bits per heavy atom. The zero-order valence-electron chi connectivity index (χ0n) is 13.4. The fraction of sp³-hybridized carbons (Fsp3) is 0.222. The number of para-hydroxylation sites is 2. The first-order valence-corrected chi connectivity index (χ1v) is 7.90. The molecule has 0 atom stereocenters. The SMILES string of the molecule is O=C(COc1ccc(F)cc1F)NCCCc1nc2ccccc2[nH]1. The lowest BCUT2D eigenvalue weighted by atomic mass is 10.3. The molecule has 0 aliphatic rings. The number of halogens is 2. The van der Waals surface area contributed by atoms with Crippen molar-refractivity contribution >= 4 is 16.9 Å². The number of amides is 1. The van der Waals surface area contributed by atoms with E-state index < -0.39 is 11.6 Å². The Morgan fingerprint density at radius 3 is 2.84 bits per heavy atom. The maximum atomic E-state index is 13.4. The second kappa shape index (κ2) is 7.74. The summed E-state index contributed by atoms with van der Waals surface area (Å²) in [6.45, 7) is 0.123. The molecule has 0 radical (unpaired) electrons. The highest BCUT2D eigenvalue weighted by Crippen LogP contribution is 2.17. The fourth-order valence-electron chi connectivity index (χ4n) is 2.39. The van der Waals surface area contributed by atoms with E-state index in [-0.39, 0.29) is 18.3 Å². The van der Waals surface area contributed by atoms with Gasteiger partial charge in [-0.15, -0.1) is 0 Å². The van der Waals surface area contributed by atoms with Gasteiger partial charge in [0.25, 0.3) is 5.91 Å². The summed E-state index contributed by atoms with van der Waals surface area (Å²) in [6, 6.07) is 10.7. The topological polar surface area (TPSA) is 67.0 Å². The highest BCUT2D eigenvalue weighted by molar-refractivity contribution is 5.77. The first kappa shape index (κ1) is 16.9. The number of aromatic nitrogens is 2. The number of carbonyl (C=O) groups is 1. The van der Waals surface area contributed by atoms with Gasteiger partial charge in [-0.1, -0.05) is 12.1 Å². The quantitative estimate of drug-likeness (QED) is 0.647. The molecular formula is C18H17F2N3O2. The molecule has 0 aliphatic carbocycles. The van der Waals surface area contributed by atoms with Crippen LogP contribution in [0.2, 0.25) is 0 Å². The fourth-order valence-corrected chi connectivity index (χ4v) is 2.39. The average molecular weight is 345 g/mol. The summed E-state index contributed by atoms with van der Waals surface area (Å²) >= 11 is 0. The van der Waals surface area contributed by atoms with Gasteiger partial charge in [0.15, 0.2) is 18.2 Å². The van der Waals surface area contributed by atoms with Crippen LogP contribution in [-0.4, -0.2) is 29.0 Å². The third-order valence-electron chi connectivity index (χ3n) is 3.60. The van der Waals surface area contributed by atoms with Gasteiger partial charge in [-0.05, 0) is 30.7 Å². The van der Waals surface area contributed by atoms with Gasteiger partial charge in [-0.3, -0.25) is 4.79 Å². The van der Waals surface area contributed by atoms with Crippen molar-refractivity contribution in [1.29, 1.82) is 0 Å². The van der Waals surface area contributed by atoms with Gasteiger partial charge in [0.2, 0.25) is 0 Å². The average Bonchev–Trinajstić information content (AvgIpc) is 3.01. The second-order valence-electron chi connectivity index (χ2n) is 5.52. The number of nitrogens with zero attached hydrogens (tertiary/aromatic N) is 1. The predicted octanol–water partition coefficient (Wildman–Crippen LogP) is 2.97. The van der Waals surface area contributed by atoms with Gasteiger partial charge in [-0.25, -0.2) is 13.8 Å². The summed E-state index contributed by atoms with van der Waals surface area (Å²) in [5.41, 5.74) is 1.90. The molecule has 7 heteroatoms. The molecule has 0 bridgehead atoms. The number of nitrogens with one attached hydrogen (secondary N) is 2. The normalized spacial score (nSPS) is 10.8. The molecule has 0 saturated heterocycles. The number of H-pyrrole nitrogens is 1. The lowest BCUT2D eigenvalue weighted by Crippen LogP contribution is -2.30. The Balaban J connectivity index is 1.39. The van der Waals surface area contributed by atoms with Crippen molar-refractivity contribution in [3.05, 3.63) is 59.9 Å². The molecule has 0 aliphatic heterocycles. The van der Waals surface area contributed by atoms with Crippen molar-refractivity contribution in [3.8, 4) is 5.75 Å². The minimum atomic E-state index is -0.835. The maximum Gasteiger partial charge on any atom is 0.257 e. The molecule has 2 aromatic carbocycles. The standard InChI is InChI=1S/C18H17F2N3O2/c19-12-7-8-16(13(20)10-12)25-11-18(24)21-9-3-6-17-22-14-4-1-2-5-15(14)23-17/h1-2,4-5,7-8,10H,3,6,9,11H2,(H,21,24)(H,22,23). The number of rotatable bonds is 7. The number of ether oxygens (including phenoxy) is 1. The lowest BCUT2D eigenvalue weighted by molar-refractivity contribution is -0.123. The Hall–Kier alpha value is -2.96. The van der Waals surface area contributed by atoms with E-state index in [9.17, 15) is 13.6 Å². The maximum absolute atomic E-state index is 13.4. The molecule has 5 nitrogen and oxygen atoms in total. The van der Waals surface area contributed by atoms with Gasteiger partial charge in [0, 0.05) is 19.0 Å². The van der Waals surface area contributed by atoms with Gasteiger partial charge in [0.05, 0.1) is 11.0 Å². The number of imidazole rings is 1. The van der Waals surface area contributed by atoms with Crippen LogP contribution in [0.15, 0.2) is 42.5 Å². The first-order chi connectivity index (χ1) is 12.1. The van der Waals surface area contributed by atoms with Crippen LogP contribution in [0.4, 0.5) is 8.78 Å². The highest BCUT2D eigenvalue weighted by Gasteiger charge is 2.08. The summed E-state index contributed by atoms with van der Waals surface area (Å²) in [7, 11) is 0. The minimum Gasteiger partial charge on any atom is -0.481 e. The van der Waals surface area contributed by atoms with Gasteiger partial charge < -0.3 is 15.0 Å². The Morgan fingerprint density at radius 1 is 1.20 bits per heavy atom. The molecule has 0 spiro atoms. The molecule has 2 N–H and O–H groups in total. The molecule has 0 saturated carbocycles. The highest BCUT2D eigenvalue weighted by atomic mass is 19.1. The molecule has 3 rings (SSSR count). The Labute approximate surface area is 143 Å². The van der Waals surface area contributed by atoms with Crippen molar-refractivity contribution in [3.63, 3.8) is 0 Å². The van der Waals surface area contributed by atoms with Crippen LogP contribution >= 0.6 is 0 Å². The van der Waals surface area contributed by atoms with E-state index in [1.807, 2.05) is 24.3 Å². The van der Waals surface area contributed by atoms with Crippen LogP contribution in [0.25, 0.3) is 11.0 Å². The largest absolute Gasteiger partial charge is 0.481 e. The van der Waals surface area contributed by atoms with Crippen molar-refractivity contribution in [2.75, 3.05) is 13.2 Å². The molecule has 0 fully saturated rings. The molecule has 25 heavy (non-hydrogen) atoms. The number of benzene rings is 2. The van der Waals surface area contributed by atoms with E-state index in [1.165, 1.54) is 0 Å². The van der Waals surface area contributed by atoms with E-state index in [2.05, 4.69) is 15.3 Å². The predicted molar refractivity (Wildman–Crippen MR) is 89.3 cm³/mol. The van der Waals surface area contributed by atoms with Crippen molar-refractivity contribution in [2.24, 2.45) is 0 Å². The van der Waals surface area contributed by atoms with Gasteiger partial charge in [0.1, 0.15) is 11.6 Å². The number of hydrogen-bond acceptors (Lipinski definition) is 3. The number of fused-ring (bicyclic) bond motifs is 1. The zero-order valence-corrected chi connectivity index (χ0v) is 13.4. The number of aromatic amines is 1. The Bertz CT molecular complexity index is 847. The monoisotopic (exact) mass is 345 g/mol. The minimum absolute atomic E-state index is 0.154. The smallest absolute Gasteiger partial charge is 0.257 e. The number of hydrogen-bond donors (Lipinski definition) is 2. The zero-order chi connectivity index (χ0) is 17.6. The van der Waals surface area contributed by atoms with Crippen LogP contribution in [0, 0.1) is 11.6 Å². The molecule has 1 amide bonds. The van der Waals surface area contributed by atoms with E-state index in [1.54, 1.807) is 0 Å². The van der Waals surface area contributed by atoms with Crippen LogP contribution in [0.1, 0.15) is 12.2 Å². The van der Waals surface area contributed by atoms with Crippen molar-refractivity contribution in [2.45, 2.75) is 12.8 Å². The second-order valence-corrected chi connectivity index (χ2v) is 5.52. The van der Waals surface area contributed by atoms with E-state index in [4.69, 9.17) is 4.74 Å². The molecular weight excluding hydrogens is 328 g/mol. The van der Waals surface area contributed by atoms with E-state index >= 15 is 0 Å². The van der Waals surface area contributed by atoms with E-state index in [0.717, 1.165) is 29.0 Å². The molecule has 3 aromatic rings. The summed E-state index contributed by atoms with van der Waals surface area (Å²) < 4.78 is 31.2. The van der Waals surface area contributed by atoms with Crippen LogP contribution in [0.3, 0.4) is 0 Å². The molecule has 1 heterocycles. The lowest BCUT2D eigenvalue weighted by Gasteiger charge is -2.08. The third-order valence-corrected chi connectivity index (χ3v) is 3.60. The molecule has 0 unspecified atom stereocenters. The Kier molecular flexibility index (Phi) is 5.23. The van der Waals surface area contributed by atoms with Crippen LogP contribution in [0.5, 0.6) is 5.75 Å². The molecule has 130 valence electrons. The summed E-state index contributed by atoms with van der Waals surface area (Å²) in [6.07, 6.45) is 1.40.